The van der Waals surface area contributed by atoms with Crippen LogP contribution in [-0.4, -0.2) is 30.4 Å². The highest BCUT2D eigenvalue weighted by atomic mass is 16.6. The van der Waals surface area contributed by atoms with Crippen LogP contribution in [0, 0.1) is 0 Å². The zero-order valence-corrected chi connectivity index (χ0v) is 19.0. The van der Waals surface area contributed by atoms with Crippen LogP contribution in [-0.2, 0) is 14.3 Å². The summed E-state index contributed by atoms with van der Waals surface area (Å²) in [4.78, 5) is 41.2. The fraction of sp³-hybridized carbons (Fsp3) is 0.308. The zero-order chi connectivity index (χ0) is 24.1. The number of amidine groups is 1. The van der Waals surface area contributed by atoms with Crippen molar-refractivity contribution < 1.29 is 19.1 Å². The molecule has 2 aliphatic rings. The predicted molar refractivity (Wildman–Crippen MR) is 131 cm³/mol. The lowest BCUT2D eigenvalue weighted by Gasteiger charge is -2.26. The van der Waals surface area contributed by atoms with Gasteiger partial charge < -0.3 is 21.1 Å². The maximum atomic E-state index is 12.1. The molecule has 8 nitrogen and oxygen atoms in total. The van der Waals surface area contributed by atoms with Crippen LogP contribution in [0.5, 0.6) is 0 Å². The fourth-order valence-corrected chi connectivity index (χ4v) is 4.53. The Bertz CT molecular complexity index is 1170. The van der Waals surface area contributed by atoms with Gasteiger partial charge in [0.15, 0.2) is 0 Å². The number of benzene rings is 2. The molecule has 0 saturated carbocycles. The van der Waals surface area contributed by atoms with Gasteiger partial charge in [-0.05, 0) is 73.6 Å². The van der Waals surface area contributed by atoms with Gasteiger partial charge in [-0.25, -0.2) is 9.79 Å². The van der Waals surface area contributed by atoms with E-state index in [1.165, 1.54) is 0 Å². The molecular weight excluding hydrogens is 432 g/mol. The average molecular weight is 461 g/mol. The Morgan fingerprint density at radius 2 is 1.76 bits per heavy atom. The number of rotatable bonds is 6. The van der Waals surface area contributed by atoms with Gasteiger partial charge in [-0.15, -0.1) is 0 Å². The average Bonchev–Trinajstić information content (AvgIpc) is 3.27. The van der Waals surface area contributed by atoms with Crippen LogP contribution in [0.2, 0.25) is 0 Å². The summed E-state index contributed by atoms with van der Waals surface area (Å²) in [6, 6.07) is 15.2. The number of primary amides is 1. The molecule has 1 saturated heterocycles. The number of ether oxygens (including phenoxy) is 1. The van der Waals surface area contributed by atoms with Gasteiger partial charge in [0.05, 0.1) is 12.1 Å². The molecule has 1 fully saturated rings. The van der Waals surface area contributed by atoms with Gasteiger partial charge in [0.1, 0.15) is 5.84 Å². The molecule has 1 aliphatic heterocycles. The van der Waals surface area contributed by atoms with Crippen LogP contribution < -0.4 is 16.4 Å². The number of hydrogen-bond donors (Lipinski definition) is 2. The van der Waals surface area contributed by atoms with E-state index in [1.807, 2.05) is 53.4 Å². The van der Waals surface area contributed by atoms with Gasteiger partial charge in [-0.1, -0.05) is 23.8 Å². The Morgan fingerprint density at radius 3 is 2.50 bits per heavy atom. The van der Waals surface area contributed by atoms with Crippen molar-refractivity contribution in [2.75, 3.05) is 11.4 Å². The Balaban J connectivity index is 1.52. The number of carbonyl (C=O) groups excluding carboxylic acids is 3. The molecule has 0 atom stereocenters. The van der Waals surface area contributed by atoms with Gasteiger partial charge >= 0.3 is 12.1 Å². The molecule has 0 unspecified atom stereocenters. The van der Waals surface area contributed by atoms with E-state index in [4.69, 9.17) is 11.5 Å². The number of amides is 2. The second-order valence-corrected chi connectivity index (χ2v) is 8.50. The Kier molecular flexibility index (Phi) is 7.06. The highest BCUT2D eigenvalue weighted by Crippen LogP contribution is 2.36. The normalized spacial score (nSPS) is 16.6. The molecule has 2 amide bonds. The summed E-state index contributed by atoms with van der Waals surface area (Å²) in [6.45, 7) is 0.745. The smallest absolute Gasteiger partial charge is 0.383 e. The maximum Gasteiger partial charge on any atom is 0.412 e. The van der Waals surface area contributed by atoms with Crippen LogP contribution in [0.4, 0.5) is 16.2 Å². The number of esters is 1. The standard InChI is InChI=1S/C26H28N4O4/c27-25(29-20-10-12-21(13-11-20)30-14-2-1-9-23(30)31)19-7-3-5-17(15-19)22-8-4-6-18(22)16-24(32)34-26(28)33/h3,5,7,10-13,15H,1-2,4,6,8-9,14,16H2,(H2,27,29)(H2,28,33). The van der Waals surface area contributed by atoms with Gasteiger partial charge in [0.2, 0.25) is 5.91 Å². The van der Waals surface area contributed by atoms with Crippen LogP contribution in [0.25, 0.3) is 5.57 Å². The SMILES string of the molecule is NC(=O)OC(=O)CC1=C(c2cccc(C(N)=Nc3ccc(N4CCCCC4=O)cc3)c2)CCC1. The lowest BCUT2D eigenvalue weighted by molar-refractivity contribution is -0.136. The largest absolute Gasteiger partial charge is 0.412 e. The molecule has 176 valence electrons. The Morgan fingerprint density at radius 1 is 0.971 bits per heavy atom. The van der Waals surface area contributed by atoms with Crippen molar-refractivity contribution in [1.82, 2.24) is 0 Å². The summed E-state index contributed by atoms with van der Waals surface area (Å²) < 4.78 is 4.48. The minimum absolute atomic E-state index is 0.0396. The van der Waals surface area contributed by atoms with E-state index in [0.717, 1.165) is 66.6 Å². The van der Waals surface area contributed by atoms with Gasteiger partial charge in [-0.2, -0.15) is 0 Å². The fourth-order valence-electron chi connectivity index (χ4n) is 4.53. The molecular formula is C26H28N4O4. The van der Waals surface area contributed by atoms with Gasteiger partial charge in [0.25, 0.3) is 0 Å². The van der Waals surface area contributed by atoms with Crippen LogP contribution in [0.3, 0.4) is 0 Å². The summed E-state index contributed by atoms with van der Waals surface area (Å²) >= 11 is 0. The number of nitrogens with zero attached hydrogens (tertiary/aromatic N) is 2. The number of carbonyl (C=O) groups is 3. The molecule has 1 heterocycles. The molecule has 34 heavy (non-hydrogen) atoms. The van der Waals surface area contributed by atoms with Crippen molar-refractivity contribution in [3.63, 3.8) is 0 Å². The van der Waals surface area contributed by atoms with E-state index in [9.17, 15) is 14.4 Å². The molecule has 8 heteroatoms. The first kappa shape index (κ1) is 23.2. The van der Waals surface area contributed by atoms with Crippen molar-refractivity contribution in [2.45, 2.75) is 44.9 Å². The van der Waals surface area contributed by atoms with Crippen molar-refractivity contribution >= 4 is 40.8 Å². The molecule has 0 aromatic heterocycles. The molecule has 1 aliphatic carbocycles. The first-order valence-corrected chi connectivity index (χ1v) is 11.5. The lowest BCUT2D eigenvalue weighted by Crippen LogP contribution is -2.35. The summed E-state index contributed by atoms with van der Waals surface area (Å²) in [5, 5.41) is 0. The summed E-state index contributed by atoms with van der Waals surface area (Å²) in [5.74, 6) is -0.118. The number of aliphatic imine (C=N–C) groups is 1. The molecule has 0 bridgehead atoms. The summed E-state index contributed by atoms with van der Waals surface area (Å²) in [6.07, 6.45) is 4.02. The topological polar surface area (TPSA) is 128 Å². The first-order valence-electron chi connectivity index (χ1n) is 11.5. The number of nitrogens with two attached hydrogens (primary N) is 2. The second kappa shape index (κ2) is 10.3. The van der Waals surface area contributed by atoms with Gasteiger partial charge in [0, 0.05) is 24.2 Å². The van der Waals surface area contributed by atoms with Crippen LogP contribution >= 0.6 is 0 Å². The zero-order valence-electron chi connectivity index (χ0n) is 19.0. The molecule has 0 radical (unpaired) electrons. The highest BCUT2D eigenvalue weighted by molar-refractivity contribution is 6.00. The Labute approximate surface area is 198 Å². The van der Waals surface area contributed by atoms with Gasteiger partial charge in [-0.3, -0.25) is 9.59 Å². The van der Waals surface area contributed by atoms with E-state index in [1.54, 1.807) is 0 Å². The quantitative estimate of drug-likeness (QED) is 0.289. The molecule has 4 rings (SSSR count). The summed E-state index contributed by atoms with van der Waals surface area (Å²) in [5.41, 5.74) is 16.6. The van der Waals surface area contributed by atoms with E-state index in [2.05, 4.69) is 9.73 Å². The highest BCUT2D eigenvalue weighted by Gasteiger charge is 2.21. The summed E-state index contributed by atoms with van der Waals surface area (Å²) in [7, 11) is 0. The Hall–Kier alpha value is -3.94. The van der Waals surface area contributed by atoms with Crippen molar-refractivity contribution in [3.05, 3.63) is 65.2 Å². The molecule has 0 spiro atoms. The number of hydrogen-bond acceptors (Lipinski definition) is 5. The van der Waals surface area contributed by atoms with Crippen molar-refractivity contribution in [1.29, 1.82) is 0 Å². The van der Waals surface area contributed by atoms with E-state index >= 15 is 0 Å². The minimum atomic E-state index is -1.09. The maximum absolute atomic E-state index is 12.1. The number of piperidine rings is 1. The van der Waals surface area contributed by atoms with Crippen LogP contribution in [0.15, 0.2) is 59.1 Å². The molecule has 2 aromatic carbocycles. The lowest BCUT2D eigenvalue weighted by atomic mass is 9.98. The second-order valence-electron chi connectivity index (χ2n) is 8.50. The third-order valence-corrected chi connectivity index (χ3v) is 6.15. The molecule has 2 aromatic rings. The first-order chi connectivity index (χ1) is 16.4. The number of allylic oxidation sites excluding steroid dienone is 1. The van der Waals surface area contributed by atoms with Crippen LogP contribution in [0.1, 0.15) is 56.1 Å². The van der Waals surface area contributed by atoms with Crippen molar-refractivity contribution in [2.24, 2.45) is 16.5 Å². The van der Waals surface area contributed by atoms with E-state index < -0.39 is 12.1 Å². The van der Waals surface area contributed by atoms with E-state index in [-0.39, 0.29) is 12.3 Å². The monoisotopic (exact) mass is 460 g/mol. The number of anilines is 1. The third-order valence-electron chi connectivity index (χ3n) is 6.15. The van der Waals surface area contributed by atoms with Crippen molar-refractivity contribution in [3.8, 4) is 0 Å². The molecule has 4 N–H and O–H groups in total. The third kappa shape index (κ3) is 5.51. The minimum Gasteiger partial charge on any atom is -0.383 e. The predicted octanol–water partition coefficient (Wildman–Crippen LogP) is 4.19. The van der Waals surface area contributed by atoms with E-state index in [0.29, 0.717) is 17.9 Å².